The highest BCUT2D eigenvalue weighted by atomic mass is 16.2. The zero-order valence-electron chi connectivity index (χ0n) is 13.7. The van der Waals surface area contributed by atoms with Gasteiger partial charge >= 0.3 is 0 Å². The summed E-state index contributed by atoms with van der Waals surface area (Å²) in [6.07, 6.45) is 8.91. The van der Waals surface area contributed by atoms with Crippen molar-refractivity contribution in [1.82, 2.24) is 15.8 Å². The van der Waals surface area contributed by atoms with E-state index in [9.17, 15) is 14.4 Å². The Morgan fingerprint density at radius 1 is 1.04 bits per heavy atom. The summed E-state index contributed by atoms with van der Waals surface area (Å²) in [7, 11) is 0. The molecule has 0 spiro atoms. The molecule has 23 heavy (non-hydrogen) atoms. The molecule has 0 aromatic heterocycles. The van der Waals surface area contributed by atoms with Gasteiger partial charge in [0.05, 0.1) is 0 Å². The minimum atomic E-state index is -0.318. The van der Waals surface area contributed by atoms with Crippen molar-refractivity contribution in [3.8, 4) is 0 Å². The lowest BCUT2D eigenvalue weighted by molar-refractivity contribution is -0.136. The van der Waals surface area contributed by atoms with Crippen LogP contribution in [0.3, 0.4) is 0 Å². The smallest absolute Gasteiger partial charge is 0.257 e. The predicted molar refractivity (Wildman–Crippen MR) is 84.9 cm³/mol. The molecule has 3 aliphatic rings. The Morgan fingerprint density at radius 2 is 1.87 bits per heavy atom. The van der Waals surface area contributed by atoms with Crippen molar-refractivity contribution < 1.29 is 14.4 Å². The first kappa shape index (κ1) is 16.3. The summed E-state index contributed by atoms with van der Waals surface area (Å²) >= 11 is 0. The Hall–Kier alpha value is -1.59. The van der Waals surface area contributed by atoms with E-state index < -0.39 is 0 Å². The van der Waals surface area contributed by atoms with Gasteiger partial charge in [-0.1, -0.05) is 12.8 Å². The van der Waals surface area contributed by atoms with E-state index in [1.807, 2.05) is 0 Å². The van der Waals surface area contributed by atoms with E-state index in [4.69, 9.17) is 0 Å². The van der Waals surface area contributed by atoms with Crippen molar-refractivity contribution in [1.29, 1.82) is 0 Å². The first-order valence-electron chi connectivity index (χ1n) is 8.97. The number of nitrogens with zero attached hydrogens (tertiary/aromatic N) is 1. The van der Waals surface area contributed by atoms with E-state index in [-0.39, 0.29) is 24.3 Å². The molecule has 1 aliphatic heterocycles. The predicted octanol–water partition coefficient (Wildman–Crippen LogP) is 1.36. The highest BCUT2D eigenvalue weighted by Gasteiger charge is 2.40. The summed E-state index contributed by atoms with van der Waals surface area (Å²) in [6.45, 7) is 0.665. The number of likely N-dealkylation sites (tertiary alicyclic amines) is 1. The molecule has 3 atom stereocenters. The minimum Gasteiger partial charge on any atom is -0.333 e. The third-order valence-electron chi connectivity index (χ3n) is 5.68. The summed E-state index contributed by atoms with van der Waals surface area (Å²) in [5, 5.41) is 0. The van der Waals surface area contributed by atoms with E-state index in [1.165, 1.54) is 19.3 Å². The summed E-state index contributed by atoms with van der Waals surface area (Å²) < 4.78 is 0. The maximum atomic E-state index is 12.0. The molecule has 3 fully saturated rings. The molecule has 6 nitrogen and oxygen atoms in total. The number of hydrogen-bond acceptors (Lipinski definition) is 3. The molecular formula is C17H27N3O3. The first-order chi connectivity index (χ1) is 11.1. The summed E-state index contributed by atoms with van der Waals surface area (Å²) in [4.78, 5) is 37.3. The third-order valence-corrected chi connectivity index (χ3v) is 5.68. The number of nitrogens with one attached hydrogen (secondary N) is 2. The normalized spacial score (nSPS) is 30.2. The number of carbonyl (C=O) groups excluding carboxylic acids is 3. The van der Waals surface area contributed by atoms with Crippen molar-refractivity contribution in [2.75, 3.05) is 13.1 Å². The highest BCUT2D eigenvalue weighted by Crippen LogP contribution is 2.49. The number of amides is 3. The second-order valence-corrected chi connectivity index (χ2v) is 7.36. The molecule has 128 valence electrons. The number of carbonyl (C=O) groups is 3. The van der Waals surface area contributed by atoms with Crippen LogP contribution in [-0.2, 0) is 14.4 Å². The fourth-order valence-electron chi connectivity index (χ4n) is 4.47. The van der Waals surface area contributed by atoms with Crippen molar-refractivity contribution in [2.24, 2.45) is 17.8 Å². The number of fused-ring (bicyclic) bond motifs is 2. The molecule has 3 amide bonds. The lowest BCUT2D eigenvalue weighted by atomic mass is 9.86. The Balaban J connectivity index is 1.36. The topological polar surface area (TPSA) is 78.5 Å². The molecule has 1 saturated heterocycles. The van der Waals surface area contributed by atoms with Crippen LogP contribution in [0.2, 0.25) is 0 Å². The zero-order chi connectivity index (χ0) is 16.2. The Labute approximate surface area is 137 Å². The maximum Gasteiger partial charge on any atom is 0.257 e. The van der Waals surface area contributed by atoms with Gasteiger partial charge < -0.3 is 4.90 Å². The molecular weight excluding hydrogens is 294 g/mol. The molecule has 0 aromatic rings. The molecule has 2 saturated carbocycles. The van der Waals surface area contributed by atoms with E-state index in [0.717, 1.165) is 31.6 Å². The average molecular weight is 321 g/mol. The Morgan fingerprint density at radius 3 is 2.61 bits per heavy atom. The molecule has 0 aromatic carbocycles. The highest BCUT2D eigenvalue weighted by molar-refractivity contribution is 5.86. The lowest BCUT2D eigenvalue weighted by Crippen LogP contribution is -2.48. The van der Waals surface area contributed by atoms with Crippen LogP contribution in [0.25, 0.3) is 0 Å². The Kier molecular flexibility index (Phi) is 5.18. The number of hydrazine groups is 1. The second kappa shape index (κ2) is 7.32. The van der Waals surface area contributed by atoms with Crippen LogP contribution < -0.4 is 10.9 Å². The van der Waals surface area contributed by atoms with Crippen LogP contribution in [0.4, 0.5) is 0 Å². The summed E-state index contributed by atoms with van der Waals surface area (Å²) in [5.41, 5.74) is 4.97. The summed E-state index contributed by atoms with van der Waals surface area (Å²) in [5.74, 6) is 1.61. The van der Waals surface area contributed by atoms with Crippen molar-refractivity contribution in [3.05, 3.63) is 0 Å². The van der Waals surface area contributed by atoms with E-state index >= 15 is 0 Å². The number of hydrogen-bond donors (Lipinski definition) is 2. The van der Waals surface area contributed by atoms with Crippen LogP contribution >= 0.6 is 0 Å². The van der Waals surface area contributed by atoms with Gasteiger partial charge in [0.25, 0.3) is 5.91 Å². The van der Waals surface area contributed by atoms with Crippen LogP contribution in [-0.4, -0.2) is 35.7 Å². The number of rotatable bonds is 4. The standard InChI is InChI=1S/C17H27N3O3/c21-15(10-14-9-12-5-6-13(14)8-12)18-19-16(22)11-20-7-3-1-2-4-17(20)23/h12-14H,1-11H2,(H,18,21)(H,19,22)/t12-,13+,14+/m1/s1. The lowest BCUT2D eigenvalue weighted by Gasteiger charge is -2.22. The molecule has 1 heterocycles. The van der Waals surface area contributed by atoms with Crippen molar-refractivity contribution in [3.63, 3.8) is 0 Å². The minimum absolute atomic E-state index is 0.0333. The zero-order valence-corrected chi connectivity index (χ0v) is 13.7. The van der Waals surface area contributed by atoms with Gasteiger partial charge in [0, 0.05) is 19.4 Å². The molecule has 3 rings (SSSR count). The van der Waals surface area contributed by atoms with Gasteiger partial charge in [-0.2, -0.15) is 0 Å². The Bertz CT molecular complexity index is 480. The maximum absolute atomic E-state index is 12.0. The molecule has 0 unspecified atom stereocenters. The average Bonchev–Trinajstić information content (AvgIpc) is 3.08. The molecule has 2 bridgehead atoms. The molecule has 2 aliphatic carbocycles. The van der Waals surface area contributed by atoms with Crippen molar-refractivity contribution in [2.45, 2.75) is 57.8 Å². The van der Waals surface area contributed by atoms with Gasteiger partial charge in [0.1, 0.15) is 6.54 Å². The molecule has 6 heteroatoms. The third kappa shape index (κ3) is 4.24. The quantitative estimate of drug-likeness (QED) is 0.768. The SMILES string of the molecule is O=C(C[C@@H]1C[C@@H]2CC[C@H]1C2)NNC(=O)CN1CCCCCC1=O. The largest absolute Gasteiger partial charge is 0.333 e. The van der Waals surface area contributed by atoms with E-state index in [1.54, 1.807) is 4.90 Å². The van der Waals surface area contributed by atoms with Gasteiger partial charge in [0.2, 0.25) is 11.8 Å². The van der Waals surface area contributed by atoms with Gasteiger partial charge in [-0.3, -0.25) is 25.2 Å². The fraction of sp³-hybridized carbons (Fsp3) is 0.824. The second-order valence-electron chi connectivity index (χ2n) is 7.36. The van der Waals surface area contributed by atoms with Crippen LogP contribution in [0.5, 0.6) is 0 Å². The van der Waals surface area contributed by atoms with E-state index in [0.29, 0.717) is 31.2 Å². The molecule has 0 radical (unpaired) electrons. The summed E-state index contributed by atoms with van der Waals surface area (Å²) in [6, 6.07) is 0. The van der Waals surface area contributed by atoms with Crippen LogP contribution in [0.15, 0.2) is 0 Å². The van der Waals surface area contributed by atoms with Crippen molar-refractivity contribution >= 4 is 17.7 Å². The van der Waals surface area contributed by atoms with Gasteiger partial charge in [-0.15, -0.1) is 0 Å². The van der Waals surface area contributed by atoms with E-state index in [2.05, 4.69) is 10.9 Å². The van der Waals surface area contributed by atoms with Gasteiger partial charge in [-0.25, -0.2) is 0 Å². The van der Waals surface area contributed by atoms with Crippen LogP contribution in [0, 0.1) is 17.8 Å². The monoisotopic (exact) mass is 321 g/mol. The van der Waals surface area contributed by atoms with Crippen LogP contribution in [0.1, 0.15) is 57.8 Å². The van der Waals surface area contributed by atoms with Gasteiger partial charge in [0.15, 0.2) is 0 Å². The fourth-order valence-corrected chi connectivity index (χ4v) is 4.47. The van der Waals surface area contributed by atoms with Gasteiger partial charge in [-0.05, 0) is 49.9 Å². The first-order valence-corrected chi connectivity index (χ1v) is 8.97. The molecule has 2 N–H and O–H groups in total.